The van der Waals surface area contributed by atoms with Gasteiger partial charge in [-0.25, -0.2) is 19.9 Å². The quantitative estimate of drug-likeness (QED) is 0.228. The van der Waals surface area contributed by atoms with Crippen LogP contribution in [0.25, 0.3) is 22.6 Å². The molecule has 0 aliphatic rings. The predicted molar refractivity (Wildman–Crippen MR) is 127 cm³/mol. The second kappa shape index (κ2) is 9.01. The molecule has 0 amide bonds. The van der Waals surface area contributed by atoms with Crippen LogP contribution in [0.5, 0.6) is 0 Å². The lowest BCUT2D eigenvalue weighted by Crippen LogP contribution is -2.22. The third kappa shape index (κ3) is 5.27. The zero-order chi connectivity index (χ0) is 22.7. The number of hydrogen-bond acceptors (Lipinski definition) is 7. The first kappa shape index (κ1) is 21.8. The van der Waals surface area contributed by atoms with E-state index in [0.717, 1.165) is 17.1 Å². The van der Waals surface area contributed by atoms with Crippen molar-refractivity contribution in [1.29, 1.82) is 0 Å². The molecule has 0 radical (unpaired) electrons. The summed E-state index contributed by atoms with van der Waals surface area (Å²) in [5.74, 6) is 0.666. The van der Waals surface area contributed by atoms with E-state index < -0.39 is 14.0 Å². The first-order valence-corrected chi connectivity index (χ1v) is 14.1. The van der Waals surface area contributed by atoms with E-state index in [1.807, 2.05) is 16.8 Å². The van der Waals surface area contributed by atoms with Gasteiger partial charge in [-0.2, -0.15) is 4.39 Å². The van der Waals surface area contributed by atoms with Crippen molar-refractivity contribution in [2.45, 2.75) is 32.4 Å². The van der Waals surface area contributed by atoms with Crippen molar-refractivity contribution < 1.29 is 9.13 Å². The molecule has 4 heterocycles. The molecule has 4 rings (SSSR count). The lowest BCUT2D eigenvalue weighted by atomic mass is 10.3. The maximum absolute atomic E-state index is 13.8. The van der Waals surface area contributed by atoms with E-state index >= 15 is 0 Å². The van der Waals surface area contributed by atoms with Gasteiger partial charge in [-0.05, 0) is 30.3 Å². The van der Waals surface area contributed by atoms with E-state index in [1.54, 1.807) is 30.5 Å². The van der Waals surface area contributed by atoms with Crippen molar-refractivity contribution in [3.8, 4) is 11.5 Å². The highest BCUT2D eigenvalue weighted by Gasteiger charge is 2.16. The molecule has 0 fully saturated rings. The van der Waals surface area contributed by atoms with Gasteiger partial charge in [-0.3, -0.25) is 0 Å². The van der Waals surface area contributed by atoms with E-state index in [2.05, 4.69) is 44.9 Å². The van der Waals surface area contributed by atoms with Crippen molar-refractivity contribution >= 4 is 36.4 Å². The molecule has 0 spiro atoms. The minimum atomic E-state index is -1.18. The molecule has 0 saturated heterocycles. The third-order valence-electron chi connectivity index (χ3n) is 4.83. The van der Waals surface area contributed by atoms with Gasteiger partial charge in [0.1, 0.15) is 29.7 Å². The Balaban J connectivity index is 1.71. The molecule has 0 bridgehead atoms. The molecule has 0 aliphatic carbocycles. The standard InChI is InChI=1S/C22H26FN7OSi/c1-32(2,3)12-11-31-14-30-10-8-16-20(26-15-7-9-25-19(24)13-15)28-21(29-22(16)30)17-5-4-6-18(23)27-17/h4-10,13H,11-12,14H2,1-3H3,(H3,24,25,26,28,29). The second-order valence-corrected chi connectivity index (χ2v) is 14.3. The number of halogens is 1. The number of nitrogens with zero attached hydrogens (tertiary/aromatic N) is 5. The molecule has 4 aromatic heterocycles. The number of fused-ring (bicyclic) bond motifs is 1. The maximum Gasteiger partial charge on any atom is 0.213 e. The number of hydrogen-bond donors (Lipinski definition) is 2. The van der Waals surface area contributed by atoms with Gasteiger partial charge in [0.25, 0.3) is 0 Å². The largest absolute Gasteiger partial charge is 0.384 e. The van der Waals surface area contributed by atoms with Crippen LogP contribution in [-0.4, -0.2) is 39.2 Å². The van der Waals surface area contributed by atoms with Crippen LogP contribution in [-0.2, 0) is 11.5 Å². The summed E-state index contributed by atoms with van der Waals surface area (Å²) >= 11 is 0. The number of nitrogens with one attached hydrogen (secondary N) is 1. The van der Waals surface area contributed by atoms with Crippen LogP contribution >= 0.6 is 0 Å². The normalized spacial score (nSPS) is 11.8. The Kier molecular flexibility index (Phi) is 6.15. The summed E-state index contributed by atoms with van der Waals surface area (Å²) < 4.78 is 21.6. The summed E-state index contributed by atoms with van der Waals surface area (Å²) in [6.45, 7) is 8.01. The average Bonchev–Trinajstić information content (AvgIpc) is 3.14. The maximum atomic E-state index is 13.8. The molecule has 0 saturated carbocycles. The van der Waals surface area contributed by atoms with E-state index in [4.69, 9.17) is 10.5 Å². The van der Waals surface area contributed by atoms with Crippen LogP contribution in [0.3, 0.4) is 0 Å². The number of pyridine rings is 2. The number of ether oxygens (including phenoxy) is 1. The summed E-state index contributed by atoms with van der Waals surface area (Å²) in [5.41, 5.74) is 7.55. The van der Waals surface area contributed by atoms with Crippen LogP contribution in [0, 0.1) is 5.95 Å². The Morgan fingerprint density at radius 3 is 2.72 bits per heavy atom. The summed E-state index contributed by atoms with van der Waals surface area (Å²) in [6.07, 6.45) is 3.52. The third-order valence-corrected chi connectivity index (χ3v) is 6.54. The zero-order valence-electron chi connectivity index (χ0n) is 18.3. The predicted octanol–water partition coefficient (Wildman–Crippen LogP) is 4.67. The van der Waals surface area contributed by atoms with E-state index in [-0.39, 0.29) is 0 Å². The van der Waals surface area contributed by atoms with Gasteiger partial charge in [-0.1, -0.05) is 25.7 Å². The molecule has 3 N–H and O–H groups in total. The lowest BCUT2D eigenvalue weighted by molar-refractivity contribution is 0.0899. The highest BCUT2D eigenvalue weighted by atomic mass is 28.3. The van der Waals surface area contributed by atoms with Gasteiger partial charge >= 0.3 is 0 Å². The van der Waals surface area contributed by atoms with Crippen LogP contribution in [0.1, 0.15) is 0 Å². The number of nitrogen functional groups attached to an aromatic ring is 1. The molecule has 32 heavy (non-hydrogen) atoms. The van der Waals surface area contributed by atoms with Crippen molar-refractivity contribution in [2.75, 3.05) is 17.7 Å². The van der Waals surface area contributed by atoms with Gasteiger partial charge < -0.3 is 20.4 Å². The first-order chi connectivity index (χ1) is 15.3. The Bertz CT molecular complexity index is 1240. The fourth-order valence-corrected chi connectivity index (χ4v) is 3.87. The molecular weight excluding hydrogens is 425 g/mol. The number of rotatable bonds is 8. The molecule has 166 valence electrons. The van der Waals surface area contributed by atoms with E-state index in [1.165, 1.54) is 6.07 Å². The average molecular weight is 452 g/mol. The molecule has 4 aromatic rings. The summed E-state index contributed by atoms with van der Waals surface area (Å²) in [7, 11) is -1.18. The van der Waals surface area contributed by atoms with Gasteiger partial charge in [-0.15, -0.1) is 0 Å². The Hall–Kier alpha value is -3.37. The highest BCUT2D eigenvalue weighted by molar-refractivity contribution is 6.76. The van der Waals surface area contributed by atoms with E-state index in [0.29, 0.717) is 42.1 Å². The van der Waals surface area contributed by atoms with Crippen LogP contribution < -0.4 is 11.1 Å². The lowest BCUT2D eigenvalue weighted by Gasteiger charge is -2.16. The molecule has 10 heteroatoms. The minimum Gasteiger partial charge on any atom is -0.384 e. The van der Waals surface area contributed by atoms with Crippen molar-refractivity contribution in [2.24, 2.45) is 0 Å². The Morgan fingerprint density at radius 2 is 1.97 bits per heavy atom. The summed E-state index contributed by atoms with van der Waals surface area (Å²) in [4.78, 5) is 17.2. The topological polar surface area (TPSA) is 104 Å². The van der Waals surface area contributed by atoms with Gasteiger partial charge in [0, 0.05) is 38.8 Å². The minimum absolute atomic E-state index is 0.309. The molecule has 0 atom stereocenters. The Morgan fingerprint density at radius 1 is 1.12 bits per heavy atom. The number of nitrogens with two attached hydrogens (primary N) is 1. The van der Waals surface area contributed by atoms with Crippen molar-refractivity contribution in [3.05, 3.63) is 54.7 Å². The van der Waals surface area contributed by atoms with Gasteiger partial charge in [0.15, 0.2) is 5.82 Å². The molecule has 0 aromatic carbocycles. The fourth-order valence-electron chi connectivity index (χ4n) is 3.12. The Labute approximate surface area is 186 Å². The fraction of sp³-hybridized carbons (Fsp3) is 0.273. The molecule has 8 nitrogen and oxygen atoms in total. The SMILES string of the molecule is C[Si](C)(C)CCOCn1ccc2c(Nc3ccnc(N)c3)nc(-c3cccc(F)n3)nc21. The monoisotopic (exact) mass is 451 g/mol. The van der Waals surface area contributed by atoms with Crippen molar-refractivity contribution in [1.82, 2.24) is 24.5 Å². The van der Waals surface area contributed by atoms with Gasteiger partial charge in [0.05, 0.1) is 5.39 Å². The van der Waals surface area contributed by atoms with Gasteiger partial charge in [0.2, 0.25) is 5.95 Å². The van der Waals surface area contributed by atoms with E-state index in [9.17, 15) is 4.39 Å². The zero-order valence-corrected chi connectivity index (χ0v) is 19.3. The molecule has 0 aliphatic heterocycles. The van der Waals surface area contributed by atoms with Crippen molar-refractivity contribution in [3.63, 3.8) is 0 Å². The molecule has 0 unspecified atom stereocenters. The second-order valence-electron chi connectivity index (χ2n) is 8.71. The summed E-state index contributed by atoms with van der Waals surface area (Å²) in [5, 5.41) is 4.07. The summed E-state index contributed by atoms with van der Waals surface area (Å²) in [6, 6.07) is 11.1. The number of aromatic nitrogens is 5. The number of anilines is 3. The van der Waals surface area contributed by atoms with Crippen LogP contribution in [0.15, 0.2) is 48.8 Å². The van der Waals surface area contributed by atoms with Crippen LogP contribution in [0.2, 0.25) is 25.7 Å². The smallest absolute Gasteiger partial charge is 0.213 e. The highest BCUT2D eigenvalue weighted by Crippen LogP contribution is 2.28. The van der Waals surface area contributed by atoms with Crippen LogP contribution in [0.4, 0.5) is 21.7 Å². The molecular formula is C22H26FN7OSi. The first-order valence-electron chi connectivity index (χ1n) is 10.3.